The van der Waals surface area contributed by atoms with Crippen molar-refractivity contribution in [2.45, 2.75) is 32.0 Å². The molecule has 1 aromatic carbocycles. The highest BCUT2D eigenvalue weighted by molar-refractivity contribution is 7.48. The molecule has 0 heterocycles. The van der Waals surface area contributed by atoms with Gasteiger partial charge in [-0.15, -0.1) is 0 Å². The average Bonchev–Trinajstić information content (AvgIpc) is 2.52. The molecule has 0 aliphatic rings. The van der Waals surface area contributed by atoms with Crippen LogP contribution in [0, 0.1) is 0 Å². The Morgan fingerprint density at radius 2 is 1.88 bits per heavy atom. The van der Waals surface area contributed by atoms with E-state index in [1.807, 2.05) is 0 Å². The Labute approximate surface area is 142 Å². The molecule has 0 radical (unpaired) electrons. The highest BCUT2D eigenvalue weighted by atomic mass is 31.2. The van der Waals surface area contributed by atoms with E-state index < -0.39 is 26.1 Å². The van der Waals surface area contributed by atoms with E-state index >= 15 is 0 Å². The number of nitrogens with zero attached hydrogens (tertiary/aromatic N) is 1. The smallest absolute Gasteiger partial charge is 0.339 e. The first-order valence-electron chi connectivity index (χ1n) is 7.66. The zero-order valence-corrected chi connectivity index (χ0v) is 15.2. The Kier molecular flexibility index (Phi) is 8.16. The number of halogens is 2. The van der Waals surface area contributed by atoms with Gasteiger partial charge in [-0.3, -0.25) is 9.69 Å². The van der Waals surface area contributed by atoms with Gasteiger partial charge in [-0.05, 0) is 46.0 Å². The summed E-state index contributed by atoms with van der Waals surface area (Å²) in [7, 11) is 0.881. The standard InChI is InChI=1S/C16H24F2NO4P/c1-5-22-24(23-6-2)16(17,18)13-9-7-8-12(10-13)11-14(15(20)21)19(3)4/h7-10,14H,5-6,11H2,1-4H3,(H,20,21). The molecule has 0 saturated carbocycles. The van der Waals surface area contributed by atoms with Crippen LogP contribution < -0.4 is 0 Å². The number of rotatable bonds is 10. The van der Waals surface area contributed by atoms with Crippen LogP contribution in [0.3, 0.4) is 0 Å². The third-order valence-electron chi connectivity index (χ3n) is 3.33. The van der Waals surface area contributed by atoms with Crippen molar-refractivity contribution < 1.29 is 27.7 Å². The monoisotopic (exact) mass is 363 g/mol. The Morgan fingerprint density at radius 1 is 1.29 bits per heavy atom. The van der Waals surface area contributed by atoms with Gasteiger partial charge in [0.05, 0.1) is 13.2 Å². The number of hydrogen-bond donors (Lipinski definition) is 1. The molecule has 0 saturated heterocycles. The van der Waals surface area contributed by atoms with Crippen molar-refractivity contribution in [3.8, 4) is 0 Å². The zero-order chi connectivity index (χ0) is 18.3. The number of carboxylic acid groups (broad SMARTS) is 1. The van der Waals surface area contributed by atoms with Crippen molar-refractivity contribution in [1.82, 2.24) is 4.90 Å². The highest BCUT2D eigenvalue weighted by Crippen LogP contribution is 2.59. The summed E-state index contributed by atoms with van der Waals surface area (Å²) >= 11 is 0. The molecule has 0 fully saturated rings. The molecule has 0 amide bonds. The third-order valence-corrected chi connectivity index (χ3v) is 5.04. The minimum absolute atomic E-state index is 0.128. The third kappa shape index (κ3) is 5.45. The largest absolute Gasteiger partial charge is 0.480 e. The first-order valence-corrected chi connectivity index (χ1v) is 8.84. The summed E-state index contributed by atoms with van der Waals surface area (Å²) in [6.07, 6.45) is 0.132. The zero-order valence-electron chi connectivity index (χ0n) is 14.3. The lowest BCUT2D eigenvalue weighted by atomic mass is 10.0. The maximum atomic E-state index is 14.7. The summed E-state index contributed by atoms with van der Waals surface area (Å²) in [4.78, 5) is 12.8. The molecule has 1 N–H and O–H groups in total. The highest BCUT2D eigenvalue weighted by Gasteiger charge is 2.44. The molecule has 24 heavy (non-hydrogen) atoms. The quantitative estimate of drug-likeness (QED) is 0.643. The number of hydrogen-bond acceptors (Lipinski definition) is 4. The van der Waals surface area contributed by atoms with E-state index in [1.54, 1.807) is 38.9 Å². The lowest BCUT2D eigenvalue weighted by molar-refractivity contribution is -0.142. The van der Waals surface area contributed by atoms with Crippen molar-refractivity contribution in [3.05, 3.63) is 35.4 Å². The molecule has 0 aromatic heterocycles. The van der Waals surface area contributed by atoms with Gasteiger partial charge >= 0.3 is 11.6 Å². The van der Waals surface area contributed by atoms with Gasteiger partial charge in [-0.2, -0.15) is 8.78 Å². The molecule has 1 rings (SSSR count). The van der Waals surface area contributed by atoms with Gasteiger partial charge in [0.1, 0.15) is 6.04 Å². The summed E-state index contributed by atoms with van der Waals surface area (Å²) < 4.78 is 39.5. The van der Waals surface area contributed by atoms with Gasteiger partial charge in [-0.25, -0.2) is 0 Å². The van der Waals surface area contributed by atoms with Gasteiger partial charge in [-0.1, -0.05) is 18.2 Å². The fourth-order valence-corrected chi connectivity index (χ4v) is 3.36. The Balaban J connectivity index is 3.07. The topological polar surface area (TPSA) is 59.0 Å². The molecule has 0 aliphatic heterocycles. The number of carbonyl (C=O) groups is 1. The number of aliphatic carboxylic acids is 1. The molecule has 8 heteroatoms. The van der Waals surface area contributed by atoms with Crippen LogP contribution in [0.2, 0.25) is 0 Å². The molecule has 136 valence electrons. The Hall–Kier alpha value is -1.14. The number of alkyl halides is 2. The maximum Gasteiger partial charge on any atom is 0.339 e. The molecular weight excluding hydrogens is 339 g/mol. The summed E-state index contributed by atoms with van der Waals surface area (Å²) in [6.45, 7) is 3.52. The van der Waals surface area contributed by atoms with Crippen LogP contribution in [-0.4, -0.2) is 49.3 Å². The summed E-state index contributed by atoms with van der Waals surface area (Å²) in [5.41, 5.74) is -2.97. The van der Waals surface area contributed by atoms with Crippen molar-refractivity contribution >= 4 is 14.3 Å². The molecule has 0 spiro atoms. The lowest BCUT2D eigenvalue weighted by Crippen LogP contribution is -2.37. The van der Waals surface area contributed by atoms with E-state index in [9.17, 15) is 18.7 Å². The lowest BCUT2D eigenvalue weighted by Gasteiger charge is -2.26. The van der Waals surface area contributed by atoms with E-state index in [0.29, 0.717) is 5.56 Å². The predicted molar refractivity (Wildman–Crippen MR) is 89.3 cm³/mol. The Bertz CT molecular complexity index is 537. The second-order valence-electron chi connectivity index (χ2n) is 5.36. The number of benzene rings is 1. The second-order valence-corrected chi connectivity index (χ2v) is 6.95. The van der Waals surface area contributed by atoms with Gasteiger partial charge in [0.2, 0.25) is 0 Å². The van der Waals surface area contributed by atoms with Crippen LogP contribution in [0.5, 0.6) is 0 Å². The molecule has 5 nitrogen and oxygen atoms in total. The minimum atomic E-state index is -3.27. The van der Waals surface area contributed by atoms with Gasteiger partial charge in [0.15, 0.2) is 0 Å². The number of carboxylic acids is 1. The molecule has 0 bridgehead atoms. The summed E-state index contributed by atoms with van der Waals surface area (Å²) in [5, 5.41) is 9.24. The van der Waals surface area contributed by atoms with Gasteiger partial charge in [0.25, 0.3) is 8.38 Å². The Morgan fingerprint density at radius 3 is 2.33 bits per heavy atom. The summed E-state index contributed by atoms with van der Waals surface area (Å²) in [6, 6.07) is 4.99. The molecule has 1 unspecified atom stereocenters. The average molecular weight is 363 g/mol. The van der Waals surface area contributed by atoms with Crippen LogP contribution in [0.1, 0.15) is 25.0 Å². The van der Waals surface area contributed by atoms with Crippen LogP contribution >= 0.6 is 8.38 Å². The molecular formula is C16H24F2NO4P. The fraction of sp³-hybridized carbons (Fsp3) is 0.562. The van der Waals surface area contributed by atoms with E-state index in [0.717, 1.165) is 0 Å². The van der Waals surface area contributed by atoms with Crippen molar-refractivity contribution in [1.29, 1.82) is 0 Å². The SMILES string of the molecule is CCOP(OCC)C(F)(F)c1cccc(CC(C(=O)O)N(C)C)c1. The van der Waals surface area contributed by atoms with Crippen LogP contribution in [0.15, 0.2) is 24.3 Å². The maximum absolute atomic E-state index is 14.7. The fourth-order valence-electron chi connectivity index (χ4n) is 2.14. The van der Waals surface area contributed by atoms with Crippen molar-refractivity contribution in [2.24, 2.45) is 0 Å². The first kappa shape index (κ1) is 20.9. The van der Waals surface area contributed by atoms with Crippen LogP contribution in [0.25, 0.3) is 0 Å². The van der Waals surface area contributed by atoms with Gasteiger partial charge in [0, 0.05) is 5.56 Å². The van der Waals surface area contributed by atoms with E-state index in [-0.39, 0.29) is 25.2 Å². The van der Waals surface area contributed by atoms with Crippen LogP contribution in [0.4, 0.5) is 8.78 Å². The second kappa shape index (κ2) is 9.37. The van der Waals surface area contributed by atoms with E-state index in [2.05, 4.69) is 0 Å². The predicted octanol–water partition coefficient (Wildman–Crippen LogP) is 3.68. The first-order chi connectivity index (χ1) is 11.2. The van der Waals surface area contributed by atoms with Crippen molar-refractivity contribution in [3.63, 3.8) is 0 Å². The molecule has 1 atom stereocenters. The normalized spacial score (nSPS) is 13.5. The van der Waals surface area contributed by atoms with Gasteiger partial charge < -0.3 is 14.2 Å². The molecule has 0 aliphatic carbocycles. The minimum Gasteiger partial charge on any atom is -0.480 e. The van der Waals surface area contributed by atoms with Crippen LogP contribution in [-0.2, 0) is 25.9 Å². The number of likely N-dealkylation sites (N-methyl/N-ethyl adjacent to an activating group) is 1. The summed E-state index contributed by atoms with van der Waals surface area (Å²) in [5.74, 6) is -0.997. The van der Waals surface area contributed by atoms with E-state index in [4.69, 9.17) is 9.05 Å². The molecule has 1 aromatic rings. The van der Waals surface area contributed by atoms with E-state index in [1.165, 1.54) is 18.2 Å². The van der Waals surface area contributed by atoms with Crippen molar-refractivity contribution in [2.75, 3.05) is 27.3 Å².